The van der Waals surface area contributed by atoms with E-state index in [9.17, 15) is 26.4 Å². The Morgan fingerprint density at radius 3 is 2.33 bits per heavy atom. The summed E-state index contributed by atoms with van der Waals surface area (Å²) in [4.78, 5) is 10.9. The van der Waals surface area contributed by atoms with Gasteiger partial charge in [0.15, 0.2) is 5.82 Å². The normalized spacial score (nSPS) is 12.1. The minimum atomic E-state index is -4.54. The molecule has 4 nitrogen and oxygen atoms in total. The predicted octanol–water partition coefficient (Wildman–Crippen LogP) is 1.38. The fourth-order valence-corrected chi connectivity index (χ4v) is 1.90. The van der Waals surface area contributed by atoms with Gasteiger partial charge < -0.3 is 4.98 Å². The lowest BCUT2D eigenvalue weighted by Gasteiger charge is -2.04. The Labute approximate surface area is 86.1 Å². The van der Waals surface area contributed by atoms with Gasteiger partial charge in [0.2, 0.25) is 0 Å². The maximum atomic E-state index is 12.6. The quantitative estimate of drug-likeness (QED) is 0.818. The first-order valence-corrected chi connectivity index (χ1v) is 5.70. The largest absolute Gasteiger partial charge is 0.317 e. The molecule has 0 aliphatic carbocycles. The summed E-state index contributed by atoms with van der Waals surface area (Å²) >= 11 is 0. The van der Waals surface area contributed by atoms with Gasteiger partial charge in [-0.25, -0.2) is 21.6 Å². The molecule has 0 radical (unpaired) electrons. The van der Waals surface area contributed by atoms with E-state index >= 15 is 0 Å². The van der Waals surface area contributed by atoms with E-state index in [2.05, 4.69) is 0 Å². The van der Waals surface area contributed by atoms with Crippen LogP contribution in [0.15, 0.2) is 15.8 Å². The molecule has 1 heterocycles. The standard InChI is InChI=1S/C6H3ClF3NO3S/c7-15(13,14)3-1-2(8)6(12)11-4(3)5(9)10/h1,5H,(H,11,12). The highest BCUT2D eigenvalue weighted by Gasteiger charge is 2.24. The number of hydrogen-bond acceptors (Lipinski definition) is 3. The lowest BCUT2D eigenvalue weighted by Crippen LogP contribution is -2.16. The molecular weight excluding hydrogens is 259 g/mol. The monoisotopic (exact) mass is 261 g/mol. The summed E-state index contributed by atoms with van der Waals surface area (Å²) in [6.07, 6.45) is -3.28. The molecule has 9 heteroatoms. The van der Waals surface area contributed by atoms with E-state index in [0.29, 0.717) is 0 Å². The van der Waals surface area contributed by atoms with E-state index in [1.165, 1.54) is 4.98 Å². The first-order chi connectivity index (χ1) is 6.73. The van der Waals surface area contributed by atoms with Crippen LogP contribution in [-0.4, -0.2) is 13.4 Å². The number of nitrogens with one attached hydrogen (secondary N) is 1. The van der Waals surface area contributed by atoms with Gasteiger partial charge in [-0.1, -0.05) is 0 Å². The van der Waals surface area contributed by atoms with E-state index in [4.69, 9.17) is 10.7 Å². The van der Waals surface area contributed by atoms with Crippen molar-refractivity contribution >= 4 is 19.7 Å². The fourth-order valence-electron chi connectivity index (χ4n) is 0.866. The molecule has 0 saturated carbocycles. The molecule has 0 aliphatic heterocycles. The van der Waals surface area contributed by atoms with Gasteiger partial charge >= 0.3 is 0 Å². The van der Waals surface area contributed by atoms with Gasteiger partial charge in [0.05, 0.1) is 0 Å². The molecule has 0 aliphatic rings. The van der Waals surface area contributed by atoms with Crippen molar-refractivity contribution in [2.45, 2.75) is 11.3 Å². The third-order valence-corrected chi connectivity index (χ3v) is 2.83. The number of halogens is 4. The molecule has 0 unspecified atom stereocenters. The number of aromatic nitrogens is 1. The van der Waals surface area contributed by atoms with Gasteiger partial charge in [-0.05, 0) is 0 Å². The molecule has 0 saturated heterocycles. The van der Waals surface area contributed by atoms with E-state index in [-0.39, 0.29) is 6.07 Å². The van der Waals surface area contributed by atoms with Crippen LogP contribution in [-0.2, 0) is 9.05 Å². The molecule has 84 valence electrons. The number of H-pyrrole nitrogens is 1. The number of aromatic amines is 1. The second kappa shape index (κ2) is 3.86. The summed E-state index contributed by atoms with van der Waals surface area (Å²) in [6.45, 7) is 0. The predicted molar refractivity (Wildman–Crippen MR) is 45.0 cm³/mol. The van der Waals surface area contributed by atoms with Crippen LogP contribution in [0.4, 0.5) is 13.2 Å². The van der Waals surface area contributed by atoms with Crippen molar-refractivity contribution in [3.63, 3.8) is 0 Å². The molecule has 1 N–H and O–H groups in total. The van der Waals surface area contributed by atoms with Crippen molar-refractivity contribution in [3.05, 3.63) is 27.9 Å². The molecular formula is C6H3ClF3NO3S. The van der Waals surface area contributed by atoms with Crippen LogP contribution in [0.1, 0.15) is 12.1 Å². The minimum absolute atomic E-state index is 0.155. The van der Waals surface area contributed by atoms with Crippen molar-refractivity contribution in [1.29, 1.82) is 0 Å². The van der Waals surface area contributed by atoms with Crippen LogP contribution in [0.2, 0.25) is 0 Å². The molecule has 1 rings (SSSR count). The van der Waals surface area contributed by atoms with Crippen molar-refractivity contribution in [2.24, 2.45) is 0 Å². The van der Waals surface area contributed by atoms with Gasteiger partial charge in [-0.2, -0.15) is 0 Å². The van der Waals surface area contributed by atoms with Crippen LogP contribution < -0.4 is 5.56 Å². The number of pyridine rings is 1. The topological polar surface area (TPSA) is 67.0 Å². The van der Waals surface area contributed by atoms with Crippen molar-refractivity contribution in [1.82, 2.24) is 4.98 Å². The molecule has 1 aromatic rings. The summed E-state index contributed by atoms with van der Waals surface area (Å²) in [7, 11) is 0.247. The maximum absolute atomic E-state index is 12.6. The Morgan fingerprint density at radius 2 is 1.93 bits per heavy atom. The van der Waals surface area contributed by atoms with Crippen LogP contribution in [0, 0.1) is 5.82 Å². The second-order valence-corrected chi connectivity index (χ2v) is 5.00. The van der Waals surface area contributed by atoms with E-state index in [1.54, 1.807) is 0 Å². The summed E-state index contributed by atoms with van der Waals surface area (Å²) in [5.41, 5.74) is -2.66. The lowest BCUT2D eigenvalue weighted by molar-refractivity contribution is 0.141. The van der Waals surface area contributed by atoms with Crippen LogP contribution in [0.3, 0.4) is 0 Å². The zero-order chi connectivity index (χ0) is 11.8. The smallest absolute Gasteiger partial charge is 0.284 e. The lowest BCUT2D eigenvalue weighted by atomic mass is 10.3. The summed E-state index contributed by atoms with van der Waals surface area (Å²) in [5, 5.41) is 0. The van der Waals surface area contributed by atoms with Crippen LogP contribution >= 0.6 is 10.7 Å². The molecule has 1 aromatic heterocycles. The summed E-state index contributed by atoms with van der Waals surface area (Å²) in [5.74, 6) is -1.50. The zero-order valence-corrected chi connectivity index (χ0v) is 8.37. The molecule has 0 spiro atoms. The first-order valence-electron chi connectivity index (χ1n) is 3.39. The second-order valence-electron chi connectivity index (χ2n) is 2.46. The first kappa shape index (κ1) is 12.1. The highest BCUT2D eigenvalue weighted by Crippen LogP contribution is 2.26. The third kappa shape index (κ3) is 2.51. The summed E-state index contributed by atoms with van der Waals surface area (Å²) < 4.78 is 58.7. The average molecular weight is 262 g/mol. The fraction of sp³-hybridized carbons (Fsp3) is 0.167. The van der Waals surface area contributed by atoms with Crippen molar-refractivity contribution < 1.29 is 21.6 Å². The van der Waals surface area contributed by atoms with Crippen LogP contribution in [0.25, 0.3) is 0 Å². The van der Waals surface area contributed by atoms with E-state index in [0.717, 1.165) is 0 Å². The van der Waals surface area contributed by atoms with Gasteiger partial charge in [0.25, 0.3) is 21.0 Å². The summed E-state index contributed by atoms with van der Waals surface area (Å²) in [6, 6.07) is 0.155. The molecule has 0 bridgehead atoms. The third-order valence-electron chi connectivity index (χ3n) is 1.47. The van der Waals surface area contributed by atoms with Gasteiger partial charge in [0, 0.05) is 16.7 Å². The maximum Gasteiger partial charge on any atom is 0.284 e. The number of hydrogen-bond donors (Lipinski definition) is 1. The van der Waals surface area contributed by atoms with Crippen LogP contribution in [0.5, 0.6) is 0 Å². The van der Waals surface area contributed by atoms with E-state index < -0.39 is 37.4 Å². The van der Waals surface area contributed by atoms with Gasteiger partial charge in [0.1, 0.15) is 10.6 Å². The number of alkyl halides is 2. The average Bonchev–Trinajstić information content (AvgIpc) is 2.06. The zero-order valence-electron chi connectivity index (χ0n) is 6.80. The van der Waals surface area contributed by atoms with Gasteiger partial charge in [-0.3, -0.25) is 4.79 Å². The minimum Gasteiger partial charge on any atom is -0.317 e. The van der Waals surface area contributed by atoms with Crippen molar-refractivity contribution in [2.75, 3.05) is 0 Å². The Kier molecular flexibility index (Phi) is 3.10. The Hall–Kier alpha value is -1.02. The highest BCUT2D eigenvalue weighted by molar-refractivity contribution is 8.13. The Balaban J connectivity index is 3.64. The Bertz CT molecular complexity index is 539. The number of rotatable bonds is 2. The highest BCUT2D eigenvalue weighted by atomic mass is 35.7. The van der Waals surface area contributed by atoms with Crippen molar-refractivity contribution in [3.8, 4) is 0 Å². The Morgan fingerprint density at radius 1 is 1.40 bits per heavy atom. The molecule has 0 atom stereocenters. The molecule has 15 heavy (non-hydrogen) atoms. The molecule has 0 aromatic carbocycles. The van der Waals surface area contributed by atoms with Gasteiger partial charge in [-0.15, -0.1) is 0 Å². The molecule has 0 fully saturated rings. The molecule has 0 amide bonds. The van der Waals surface area contributed by atoms with E-state index in [1.807, 2.05) is 0 Å². The SMILES string of the molecule is O=c1[nH]c(C(F)F)c(S(=O)(=O)Cl)cc1F.